The third-order valence-electron chi connectivity index (χ3n) is 3.28. The van der Waals surface area contributed by atoms with Gasteiger partial charge in [-0.1, -0.05) is 23.2 Å². The van der Waals surface area contributed by atoms with Gasteiger partial charge in [0.15, 0.2) is 0 Å². The first-order chi connectivity index (χ1) is 11.0. The largest absolute Gasteiger partial charge is 0.497 e. The predicted octanol–water partition coefficient (Wildman–Crippen LogP) is 3.90. The monoisotopic (exact) mass is 354 g/mol. The summed E-state index contributed by atoms with van der Waals surface area (Å²) in [6.07, 6.45) is 0. The van der Waals surface area contributed by atoms with Crippen molar-refractivity contribution in [2.24, 2.45) is 0 Å². The fourth-order valence-electron chi connectivity index (χ4n) is 2.10. The molecule has 1 heterocycles. The first-order valence-corrected chi connectivity index (χ1v) is 7.56. The summed E-state index contributed by atoms with van der Waals surface area (Å²) in [6.45, 7) is 1.83. The molecule has 0 radical (unpaired) electrons. The normalized spacial score (nSPS) is 11.7. The third kappa shape index (κ3) is 4.06. The highest BCUT2D eigenvalue weighted by Crippen LogP contribution is 2.29. The number of pyridine rings is 1. The zero-order valence-corrected chi connectivity index (χ0v) is 14.4. The molecule has 0 spiro atoms. The van der Waals surface area contributed by atoms with E-state index in [1.807, 2.05) is 13.0 Å². The maximum absolute atomic E-state index is 12.3. The van der Waals surface area contributed by atoms with Gasteiger partial charge in [-0.2, -0.15) is 0 Å². The van der Waals surface area contributed by atoms with Gasteiger partial charge >= 0.3 is 0 Å². The number of nitrogens with one attached hydrogen (secondary N) is 1. The number of nitrogens with zero attached hydrogens (tertiary/aromatic N) is 1. The Labute approximate surface area is 144 Å². The standard InChI is InChI=1S/C16H16Cl2N2O3/c1-9(11-5-4-10(22-2)8-13(11)23-3)19-16(21)15-12(17)6-7-14(18)20-15/h4-9H,1-3H3,(H,19,21). The number of ether oxygens (including phenoxy) is 2. The Bertz CT molecular complexity index is 722. The Hall–Kier alpha value is -1.98. The number of carbonyl (C=O) groups is 1. The van der Waals surface area contributed by atoms with Crippen LogP contribution >= 0.6 is 23.2 Å². The molecule has 0 aliphatic rings. The summed E-state index contributed by atoms with van der Waals surface area (Å²) in [4.78, 5) is 16.3. The van der Waals surface area contributed by atoms with Gasteiger partial charge in [0.2, 0.25) is 0 Å². The number of hydrogen-bond donors (Lipinski definition) is 1. The van der Waals surface area contributed by atoms with Crippen LogP contribution in [-0.4, -0.2) is 25.1 Å². The molecule has 122 valence electrons. The molecule has 2 rings (SSSR count). The van der Waals surface area contributed by atoms with Crippen LogP contribution in [0.5, 0.6) is 11.5 Å². The highest BCUT2D eigenvalue weighted by Gasteiger charge is 2.19. The van der Waals surface area contributed by atoms with Crippen molar-refractivity contribution in [3.05, 3.63) is 51.8 Å². The molecule has 0 fully saturated rings. The second kappa shape index (κ2) is 7.53. The maximum atomic E-state index is 12.3. The minimum Gasteiger partial charge on any atom is -0.497 e. The number of aromatic nitrogens is 1. The summed E-state index contributed by atoms with van der Waals surface area (Å²) in [5.74, 6) is 0.869. The van der Waals surface area contributed by atoms with Crippen molar-refractivity contribution in [1.82, 2.24) is 10.3 Å². The molecule has 1 aromatic carbocycles. The molecule has 7 heteroatoms. The molecule has 1 atom stereocenters. The van der Waals surface area contributed by atoms with E-state index in [0.717, 1.165) is 5.56 Å². The van der Waals surface area contributed by atoms with Crippen LogP contribution in [0.3, 0.4) is 0 Å². The Morgan fingerprint density at radius 2 is 1.91 bits per heavy atom. The Balaban J connectivity index is 2.23. The highest BCUT2D eigenvalue weighted by atomic mass is 35.5. The fraction of sp³-hybridized carbons (Fsp3) is 0.250. The first kappa shape index (κ1) is 17.4. The van der Waals surface area contributed by atoms with Crippen molar-refractivity contribution < 1.29 is 14.3 Å². The smallest absolute Gasteiger partial charge is 0.271 e. The number of carbonyl (C=O) groups excluding carboxylic acids is 1. The summed E-state index contributed by atoms with van der Waals surface area (Å²) >= 11 is 11.8. The van der Waals surface area contributed by atoms with E-state index in [4.69, 9.17) is 32.7 Å². The van der Waals surface area contributed by atoms with Crippen LogP contribution in [0.25, 0.3) is 0 Å². The zero-order chi connectivity index (χ0) is 17.0. The lowest BCUT2D eigenvalue weighted by atomic mass is 10.1. The van der Waals surface area contributed by atoms with Crippen molar-refractivity contribution in [2.75, 3.05) is 14.2 Å². The van der Waals surface area contributed by atoms with Gasteiger partial charge in [0.05, 0.1) is 25.3 Å². The van der Waals surface area contributed by atoms with E-state index in [9.17, 15) is 4.79 Å². The van der Waals surface area contributed by atoms with Crippen molar-refractivity contribution in [2.45, 2.75) is 13.0 Å². The van der Waals surface area contributed by atoms with Crippen LogP contribution in [-0.2, 0) is 0 Å². The fourth-order valence-corrected chi connectivity index (χ4v) is 2.44. The second-order valence-electron chi connectivity index (χ2n) is 4.77. The van der Waals surface area contributed by atoms with Gasteiger partial charge in [0.25, 0.3) is 5.91 Å². The van der Waals surface area contributed by atoms with E-state index in [1.54, 1.807) is 26.4 Å². The van der Waals surface area contributed by atoms with Crippen molar-refractivity contribution >= 4 is 29.1 Å². The molecule has 1 unspecified atom stereocenters. The number of halogens is 2. The molecule has 1 amide bonds. The van der Waals surface area contributed by atoms with Crippen LogP contribution < -0.4 is 14.8 Å². The minimum atomic E-state index is -0.414. The maximum Gasteiger partial charge on any atom is 0.271 e. The lowest BCUT2D eigenvalue weighted by Gasteiger charge is -2.18. The summed E-state index contributed by atoms with van der Waals surface area (Å²) in [7, 11) is 3.13. The summed E-state index contributed by atoms with van der Waals surface area (Å²) in [5.41, 5.74) is 0.887. The molecule has 0 aliphatic heterocycles. The number of rotatable bonds is 5. The van der Waals surface area contributed by atoms with Crippen LogP contribution in [0.1, 0.15) is 29.0 Å². The lowest BCUT2D eigenvalue weighted by Crippen LogP contribution is -2.28. The average molecular weight is 355 g/mol. The van der Waals surface area contributed by atoms with Crippen molar-refractivity contribution in [3.8, 4) is 11.5 Å². The van der Waals surface area contributed by atoms with E-state index in [2.05, 4.69) is 10.3 Å². The lowest BCUT2D eigenvalue weighted by molar-refractivity contribution is 0.0934. The SMILES string of the molecule is COc1ccc(C(C)NC(=O)c2nc(Cl)ccc2Cl)c(OC)c1. The summed E-state index contributed by atoms with van der Waals surface area (Å²) in [5, 5.41) is 3.27. The molecular weight excluding hydrogens is 339 g/mol. The predicted molar refractivity (Wildman–Crippen MR) is 89.7 cm³/mol. The molecule has 1 aromatic heterocycles. The molecule has 1 N–H and O–H groups in total. The van der Waals surface area contributed by atoms with Gasteiger partial charge in [-0.15, -0.1) is 0 Å². The zero-order valence-electron chi connectivity index (χ0n) is 12.9. The van der Waals surface area contributed by atoms with Crippen molar-refractivity contribution in [1.29, 1.82) is 0 Å². The summed E-state index contributed by atoms with van der Waals surface area (Å²) in [6, 6.07) is 8.12. The molecule has 2 aromatic rings. The molecule has 0 saturated heterocycles. The van der Waals surface area contributed by atoms with E-state index < -0.39 is 5.91 Å². The van der Waals surface area contributed by atoms with Gasteiger partial charge in [-0.25, -0.2) is 4.98 Å². The Morgan fingerprint density at radius 1 is 1.17 bits per heavy atom. The van der Waals surface area contributed by atoms with Crippen LogP contribution in [0, 0.1) is 0 Å². The molecule has 23 heavy (non-hydrogen) atoms. The second-order valence-corrected chi connectivity index (χ2v) is 5.56. The van der Waals surface area contributed by atoms with Gasteiger partial charge in [0, 0.05) is 11.6 Å². The van der Waals surface area contributed by atoms with Crippen LogP contribution in [0.4, 0.5) is 0 Å². The molecule has 0 aliphatic carbocycles. The van der Waals surface area contributed by atoms with Crippen molar-refractivity contribution in [3.63, 3.8) is 0 Å². The number of amides is 1. The molecule has 0 bridgehead atoms. The quantitative estimate of drug-likeness (QED) is 0.827. The topological polar surface area (TPSA) is 60.5 Å². The Kier molecular flexibility index (Phi) is 5.69. The number of benzene rings is 1. The van der Waals surface area contributed by atoms with Crippen LogP contribution in [0.15, 0.2) is 30.3 Å². The highest BCUT2D eigenvalue weighted by molar-refractivity contribution is 6.34. The number of hydrogen-bond acceptors (Lipinski definition) is 4. The van der Waals surface area contributed by atoms with Gasteiger partial charge in [-0.3, -0.25) is 4.79 Å². The van der Waals surface area contributed by atoms with Crippen LogP contribution in [0.2, 0.25) is 10.2 Å². The van der Waals surface area contributed by atoms with E-state index >= 15 is 0 Å². The van der Waals surface area contributed by atoms with Gasteiger partial charge < -0.3 is 14.8 Å². The molecular formula is C16H16Cl2N2O3. The van der Waals surface area contributed by atoms with E-state index in [1.165, 1.54) is 12.1 Å². The Morgan fingerprint density at radius 3 is 2.57 bits per heavy atom. The first-order valence-electron chi connectivity index (χ1n) is 6.81. The van der Waals surface area contributed by atoms with E-state index in [-0.39, 0.29) is 21.9 Å². The minimum absolute atomic E-state index is 0.0819. The van der Waals surface area contributed by atoms with E-state index in [0.29, 0.717) is 11.5 Å². The van der Waals surface area contributed by atoms with Gasteiger partial charge in [0.1, 0.15) is 22.3 Å². The third-order valence-corrected chi connectivity index (χ3v) is 3.80. The average Bonchev–Trinajstić information content (AvgIpc) is 2.56. The van der Waals surface area contributed by atoms with Gasteiger partial charge in [-0.05, 0) is 31.2 Å². The molecule has 0 saturated carbocycles. The number of methoxy groups -OCH3 is 2. The summed E-state index contributed by atoms with van der Waals surface area (Å²) < 4.78 is 10.5. The molecule has 5 nitrogen and oxygen atoms in total.